The molecule has 1 aromatic carbocycles. The minimum Gasteiger partial charge on any atom is -0.422 e. The van der Waals surface area contributed by atoms with Crippen LogP contribution in [-0.2, 0) is 4.79 Å². The smallest absolute Gasteiger partial charge is 0.338 e. The fraction of sp³-hybridized carbons (Fsp3) is 0.100. The molecule has 0 aliphatic carbocycles. The van der Waals surface area contributed by atoms with Gasteiger partial charge in [0.15, 0.2) is 0 Å². The summed E-state index contributed by atoms with van der Waals surface area (Å²) in [6, 6.07) is 7.04. The van der Waals surface area contributed by atoms with Crippen LogP contribution >= 0.6 is 12.6 Å². The molecule has 0 aliphatic heterocycles. The highest BCUT2D eigenvalue weighted by Gasteiger charge is 2.06. The fourth-order valence-electron chi connectivity index (χ4n) is 0.730. The zero-order valence-corrected chi connectivity index (χ0v) is 8.17. The number of carbonyl (C=O) groups excluding carboxylic acids is 1. The molecule has 0 N–H and O–H groups in total. The molecular weight excluding hydrogens is 184 g/mol. The number of rotatable bonds is 2. The van der Waals surface area contributed by atoms with E-state index in [0.29, 0.717) is 16.2 Å². The van der Waals surface area contributed by atoms with Crippen molar-refractivity contribution >= 4 is 18.6 Å². The van der Waals surface area contributed by atoms with Gasteiger partial charge < -0.3 is 4.74 Å². The molecule has 0 saturated heterocycles. The average molecular weight is 194 g/mol. The molecule has 0 atom stereocenters. The Bertz CT molecular complexity index is 345. The minimum absolute atomic E-state index is 0.372. The van der Waals surface area contributed by atoms with Gasteiger partial charge in [0.2, 0.25) is 0 Å². The van der Waals surface area contributed by atoms with Crippen molar-refractivity contribution < 1.29 is 9.53 Å². The highest BCUT2D eigenvalue weighted by Crippen LogP contribution is 2.21. The van der Waals surface area contributed by atoms with Gasteiger partial charge in [-0.05, 0) is 19.1 Å². The maximum atomic E-state index is 11.1. The Labute approximate surface area is 82.6 Å². The van der Waals surface area contributed by atoms with E-state index in [-0.39, 0.29) is 0 Å². The van der Waals surface area contributed by atoms with Crippen LogP contribution in [0.5, 0.6) is 5.75 Å². The summed E-state index contributed by atoms with van der Waals surface area (Å²) in [5, 5.41) is 0. The molecule has 0 bridgehead atoms. The van der Waals surface area contributed by atoms with Gasteiger partial charge in [-0.2, -0.15) is 0 Å². The number of carbonyl (C=O) groups is 1. The van der Waals surface area contributed by atoms with E-state index in [2.05, 4.69) is 19.2 Å². The summed E-state index contributed by atoms with van der Waals surface area (Å²) in [4.78, 5) is 11.7. The molecule has 0 amide bonds. The van der Waals surface area contributed by atoms with Crippen molar-refractivity contribution in [1.29, 1.82) is 0 Å². The second-order valence-corrected chi connectivity index (χ2v) is 3.12. The quantitative estimate of drug-likeness (QED) is 0.339. The third kappa shape index (κ3) is 2.63. The highest BCUT2D eigenvalue weighted by atomic mass is 32.1. The van der Waals surface area contributed by atoms with Crippen LogP contribution in [0.3, 0.4) is 0 Å². The van der Waals surface area contributed by atoms with Gasteiger partial charge in [-0.3, -0.25) is 0 Å². The number of hydrogen-bond donors (Lipinski definition) is 1. The van der Waals surface area contributed by atoms with Gasteiger partial charge in [-0.25, -0.2) is 4.79 Å². The number of thiol groups is 1. The van der Waals surface area contributed by atoms with Crippen molar-refractivity contribution in [3.63, 3.8) is 0 Å². The van der Waals surface area contributed by atoms with Gasteiger partial charge >= 0.3 is 5.97 Å². The number of ether oxygens (including phenoxy) is 1. The second kappa shape index (κ2) is 4.14. The van der Waals surface area contributed by atoms with Gasteiger partial charge in [0.1, 0.15) is 5.75 Å². The molecule has 1 rings (SSSR count). The molecule has 3 heteroatoms. The minimum atomic E-state index is -0.429. The molecular formula is C10H10O2S. The largest absolute Gasteiger partial charge is 0.422 e. The highest BCUT2D eigenvalue weighted by molar-refractivity contribution is 7.80. The molecule has 0 aliphatic rings. The van der Waals surface area contributed by atoms with E-state index in [9.17, 15) is 4.79 Å². The van der Waals surface area contributed by atoms with Crippen molar-refractivity contribution in [2.45, 2.75) is 11.8 Å². The monoisotopic (exact) mass is 194 g/mol. The van der Waals surface area contributed by atoms with Crippen molar-refractivity contribution in [2.75, 3.05) is 0 Å². The van der Waals surface area contributed by atoms with Crippen molar-refractivity contribution in [2.24, 2.45) is 0 Å². The molecule has 0 spiro atoms. The molecule has 68 valence electrons. The molecule has 0 aromatic heterocycles. The van der Waals surface area contributed by atoms with Gasteiger partial charge in [-0.15, -0.1) is 12.6 Å². The predicted octanol–water partition coefficient (Wildman–Crippen LogP) is 2.46. The Morgan fingerprint density at radius 1 is 1.46 bits per heavy atom. The Morgan fingerprint density at radius 2 is 2.08 bits per heavy atom. The van der Waals surface area contributed by atoms with E-state index in [1.54, 1.807) is 25.1 Å². The lowest BCUT2D eigenvalue weighted by Gasteiger charge is -2.05. The van der Waals surface area contributed by atoms with Crippen LogP contribution in [0.4, 0.5) is 0 Å². The van der Waals surface area contributed by atoms with Crippen LogP contribution in [0.2, 0.25) is 0 Å². The standard InChI is InChI=1S/C10H10O2S/c1-7(2)10(11)12-8-5-3-4-6-9(8)13/h3-6,13H,1H2,2H3. The predicted molar refractivity (Wildman–Crippen MR) is 54.1 cm³/mol. The van der Waals surface area contributed by atoms with E-state index >= 15 is 0 Å². The van der Waals surface area contributed by atoms with Gasteiger partial charge in [-0.1, -0.05) is 18.7 Å². The first kappa shape index (κ1) is 9.86. The van der Waals surface area contributed by atoms with Crippen LogP contribution in [0, 0.1) is 0 Å². The normalized spacial score (nSPS) is 9.38. The SMILES string of the molecule is C=C(C)C(=O)Oc1ccccc1S. The number of esters is 1. The van der Waals surface area contributed by atoms with Crippen molar-refractivity contribution in [1.82, 2.24) is 0 Å². The summed E-state index contributed by atoms with van der Waals surface area (Å²) in [7, 11) is 0. The fourth-order valence-corrected chi connectivity index (χ4v) is 0.937. The number of hydrogen-bond acceptors (Lipinski definition) is 3. The first-order valence-electron chi connectivity index (χ1n) is 3.77. The van der Waals surface area contributed by atoms with E-state index < -0.39 is 5.97 Å². The van der Waals surface area contributed by atoms with Crippen molar-refractivity contribution in [3.05, 3.63) is 36.4 Å². The van der Waals surface area contributed by atoms with Crippen LogP contribution in [0.1, 0.15) is 6.92 Å². The number of benzene rings is 1. The lowest BCUT2D eigenvalue weighted by Crippen LogP contribution is -2.08. The average Bonchev–Trinajstić information content (AvgIpc) is 2.08. The Balaban J connectivity index is 2.81. The summed E-state index contributed by atoms with van der Waals surface area (Å²) in [5.41, 5.74) is 0.372. The maximum Gasteiger partial charge on any atom is 0.338 e. The summed E-state index contributed by atoms with van der Waals surface area (Å²) in [5.74, 6) is 0.0281. The molecule has 0 radical (unpaired) electrons. The van der Waals surface area contributed by atoms with E-state index in [1.807, 2.05) is 6.07 Å². The Morgan fingerprint density at radius 3 is 2.62 bits per heavy atom. The van der Waals surface area contributed by atoms with Gasteiger partial charge in [0.05, 0.1) is 0 Å². The molecule has 13 heavy (non-hydrogen) atoms. The van der Waals surface area contributed by atoms with Gasteiger partial charge in [0, 0.05) is 10.5 Å². The molecule has 2 nitrogen and oxygen atoms in total. The summed E-state index contributed by atoms with van der Waals surface area (Å²) in [6.07, 6.45) is 0. The topological polar surface area (TPSA) is 26.3 Å². The third-order valence-corrected chi connectivity index (χ3v) is 1.79. The first-order valence-corrected chi connectivity index (χ1v) is 4.21. The molecule has 0 fully saturated rings. The van der Waals surface area contributed by atoms with Crippen molar-refractivity contribution in [3.8, 4) is 5.75 Å². The summed E-state index contributed by atoms with van der Waals surface area (Å²) in [6.45, 7) is 5.08. The van der Waals surface area contributed by atoms with Crippen LogP contribution in [0.15, 0.2) is 41.3 Å². The maximum absolute atomic E-state index is 11.1. The van der Waals surface area contributed by atoms with Crippen LogP contribution in [0.25, 0.3) is 0 Å². The summed E-state index contributed by atoms with van der Waals surface area (Å²) < 4.78 is 4.99. The van der Waals surface area contributed by atoms with E-state index in [1.165, 1.54) is 0 Å². The second-order valence-electron chi connectivity index (χ2n) is 2.64. The molecule has 1 aromatic rings. The van der Waals surface area contributed by atoms with E-state index in [0.717, 1.165) is 0 Å². The Hall–Kier alpha value is -1.22. The first-order chi connectivity index (χ1) is 6.11. The van der Waals surface area contributed by atoms with Gasteiger partial charge in [0.25, 0.3) is 0 Å². The van der Waals surface area contributed by atoms with Crippen LogP contribution < -0.4 is 4.74 Å². The zero-order chi connectivity index (χ0) is 9.84. The molecule has 0 unspecified atom stereocenters. The summed E-state index contributed by atoms with van der Waals surface area (Å²) >= 11 is 4.13. The molecule has 0 saturated carbocycles. The Kier molecular flexibility index (Phi) is 3.14. The molecule has 0 heterocycles. The lowest BCUT2D eigenvalue weighted by molar-refractivity contribution is -0.130. The lowest BCUT2D eigenvalue weighted by atomic mass is 10.3. The third-order valence-electron chi connectivity index (χ3n) is 1.42. The zero-order valence-electron chi connectivity index (χ0n) is 7.28. The van der Waals surface area contributed by atoms with E-state index in [4.69, 9.17) is 4.74 Å². The number of para-hydroxylation sites is 1. The van der Waals surface area contributed by atoms with Crippen LogP contribution in [-0.4, -0.2) is 5.97 Å².